The van der Waals surface area contributed by atoms with E-state index in [9.17, 15) is 9.59 Å². The highest BCUT2D eigenvalue weighted by Crippen LogP contribution is 2.15. The fourth-order valence-electron chi connectivity index (χ4n) is 3.68. The molecule has 0 bridgehead atoms. The van der Waals surface area contributed by atoms with Gasteiger partial charge < -0.3 is 9.80 Å². The van der Waals surface area contributed by atoms with E-state index in [0.717, 1.165) is 17.2 Å². The quantitative estimate of drug-likeness (QED) is 0.613. The van der Waals surface area contributed by atoms with Gasteiger partial charge in [-0.05, 0) is 45.9 Å². The van der Waals surface area contributed by atoms with Crippen LogP contribution in [0, 0.1) is 27.7 Å². The average Bonchev–Trinajstić information content (AvgIpc) is 3.12. The summed E-state index contributed by atoms with van der Waals surface area (Å²) >= 11 is 0. The van der Waals surface area contributed by atoms with E-state index in [2.05, 4.69) is 25.2 Å². The van der Waals surface area contributed by atoms with E-state index in [1.165, 1.54) is 10.9 Å². The van der Waals surface area contributed by atoms with Crippen LogP contribution in [-0.4, -0.2) is 66.5 Å². The van der Waals surface area contributed by atoms with Crippen molar-refractivity contribution in [2.24, 2.45) is 0 Å². The zero-order valence-corrected chi connectivity index (χ0v) is 18.2. The summed E-state index contributed by atoms with van der Waals surface area (Å²) in [6.45, 7) is 9.87. The number of hydrogen-bond donors (Lipinski definition) is 0. The first kappa shape index (κ1) is 20.7. The summed E-state index contributed by atoms with van der Waals surface area (Å²) in [5.74, 6) is 1.36. The van der Waals surface area contributed by atoms with Crippen LogP contribution in [0.5, 0.6) is 0 Å². The molecule has 0 atom stereocenters. The average molecular weight is 422 g/mol. The van der Waals surface area contributed by atoms with Crippen LogP contribution in [0.25, 0.3) is 5.82 Å². The predicted molar refractivity (Wildman–Crippen MR) is 115 cm³/mol. The zero-order chi connectivity index (χ0) is 22.1. The number of rotatable bonds is 4. The van der Waals surface area contributed by atoms with Gasteiger partial charge in [0.05, 0.1) is 12.0 Å². The number of aryl methyl sites for hydroxylation is 3. The number of carbonyl (C=O) groups is 1. The van der Waals surface area contributed by atoms with Gasteiger partial charge in [0.15, 0.2) is 11.6 Å². The van der Waals surface area contributed by atoms with E-state index in [0.29, 0.717) is 43.3 Å². The second kappa shape index (κ2) is 8.29. The van der Waals surface area contributed by atoms with Gasteiger partial charge in [0.25, 0.3) is 5.56 Å². The maximum Gasteiger partial charge on any atom is 0.256 e. The summed E-state index contributed by atoms with van der Waals surface area (Å²) in [5, 5.41) is 13.1. The monoisotopic (exact) mass is 422 g/mol. The molecule has 31 heavy (non-hydrogen) atoms. The molecule has 1 aliphatic heterocycles. The van der Waals surface area contributed by atoms with Gasteiger partial charge in [0.2, 0.25) is 5.91 Å². The molecule has 0 N–H and O–H groups in total. The van der Waals surface area contributed by atoms with Crippen molar-refractivity contribution in [3.05, 3.63) is 57.5 Å². The molecule has 1 amide bonds. The topological polar surface area (TPSA) is 102 Å². The van der Waals surface area contributed by atoms with Crippen LogP contribution < -0.4 is 10.5 Å². The second-order valence-electron chi connectivity index (χ2n) is 7.84. The molecule has 1 aliphatic rings. The molecule has 1 fully saturated rings. The van der Waals surface area contributed by atoms with Gasteiger partial charge in [0.1, 0.15) is 6.54 Å². The molecule has 10 heteroatoms. The summed E-state index contributed by atoms with van der Waals surface area (Å²) in [6.07, 6.45) is 1.44. The third kappa shape index (κ3) is 4.18. The van der Waals surface area contributed by atoms with Gasteiger partial charge in [-0.2, -0.15) is 5.10 Å². The van der Waals surface area contributed by atoms with Gasteiger partial charge >= 0.3 is 0 Å². The fraction of sp³-hybridized carbons (Fsp3) is 0.429. The molecule has 0 aromatic carbocycles. The highest BCUT2D eigenvalue weighted by Gasteiger charge is 2.23. The highest BCUT2D eigenvalue weighted by atomic mass is 16.2. The molecule has 3 aromatic heterocycles. The lowest BCUT2D eigenvalue weighted by Gasteiger charge is -2.35. The molecule has 162 valence electrons. The second-order valence-corrected chi connectivity index (χ2v) is 7.84. The number of carbonyl (C=O) groups excluding carboxylic acids is 1. The van der Waals surface area contributed by atoms with Crippen molar-refractivity contribution >= 4 is 11.7 Å². The Balaban J connectivity index is 1.37. The van der Waals surface area contributed by atoms with Crippen molar-refractivity contribution in [1.29, 1.82) is 0 Å². The van der Waals surface area contributed by atoms with Gasteiger partial charge in [-0.3, -0.25) is 14.2 Å². The van der Waals surface area contributed by atoms with E-state index in [-0.39, 0.29) is 18.0 Å². The third-order valence-electron chi connectivity index (χ3n) is 5.64. The Kier molecular flexibility index (Phi) is 5.53. The summed E-state index contributed by atoms with van der Waals surface area (Å²) in [4.78, 5) is 33.1. The van der Waals surface area contributed by atoms with Gasteiger partial charge in [-0.15, -0.1) is 10.2 Å². The molecule has 0 aliphatic carbocycles. The number of hydrogen-bond acceptors (Lipinski definition) is 7. The van der Waals surface area contributed by atoms with E-state index < -0.39 is 0 Å². The minimum Gasteiger partial charge on any atom is -0.352 e. The smallest absolute Gasteiger partial charge is 0.256 e. The fourth-order valence-corrected chi connectivity index (χ4v) is 3.68. The first-order valence-electron chi connectivity index (χ1n) is 10.3. The summed E-state index contributed by atoms with van der Waals surface area (Å²) in [5.41, 5.74) is 3.03. The zero-order valence-electron chi connectivity index (χ0n) is 18.2. The molecule has 0 saturated carbocycles. The first-order chi connectivity index (χ1) is 14.8. The molecule has 4 rings (SSSR count). The van der Waals surface area contributed by atoms with Crippen molar-refractivity contribution in [2.75, 3.05) is 31.1 Å². The minimum atomic E-state index is -0.169. The summed E-state index contributed by atoms with van der Waals surface area (Å²) < 4.78 is 3.15. The molecule has 1 saturated heterocycles. The van der Waals surface area contributed by atoms with E-state index in [4.69, 9.17) is 0 Å². The highest BCUT2D eigenvalue weighted by molar-refractivity contribution is 5.76. The molecule has 10 nitrogen and oxygen atoms in total. The van der Waals surface area contributed by atoms with Crippen molar-refractivity contribution in [2.45, 2.75) is 34.2 Å². The SMILES string of the molecule is Cc1cc(C)n(-c2ccc(N3CCN(C(=O)Cn4cnc(C)c(C)c4=O)CC3)nn2)n1. The van der Waals surface area contributed by atoms with Crippen LogP contribution in [0.2, 0.25) is 0 Å². The van der Waals surface area contributed by atoms with Crippen LogP contribution in [0.3, 0.4) is 0 Å². The van der Waals surface area contributed by atoms with Crippen molar-refractivity contribution in [3.8, 4) is 5.82 Å². The maximum atomic E-state index is 12.7. The molecule has 0 spiro atoms. The van der Waals surface area contributed by atoms with Crippen LogP contribution in [0.4, 0.5) is 5.82 Å². The number of aromatic nitrogens is 6. The lowest BCUT2D eigenvalue weighted by atomic mass is 10.2. The normalized spacial score (nSPS) is 14.2. The van der Waals surface area contributed by atoms with Gasteiger partial charge in [-0.25, -0.2) is 9.67 Å². The van der Waals surface area contributed by atoms with Gasteiger partial charge in [-0.1, -0.05) is 0 Å². The maximum absolute atomic E-state index is 12.7. The van der Waals surface area contributed by atoms with Crippen molar-refractivity contribution in [1.82, 2.24) is 34.4 Å². The van der Waals surface area contributed by atoms with Crippen LogP contribution in [-0.2, 0) is 11.3 Å². The molecule has 0 unspecified atom stereocenters. The minimum absolute atomic E-state index is 0.00406. The predicted octanol–water partition coefficient (Wildman–Crippen LogP) is 0.801. The van der Waals surface area contributed by atoms with Crippen molar-refractivity contribution in [3.63, 3.8) is 0 Å². The standard InChI is InChI=1S/C21H26N8O2/c1-14-11-15(2)29(25-14)19-6-5-18(23-24-19)26-7-9-27(10-8-26)20(30)12-28-13-22-17(4)16(3)21(28)31/h5-6,11,13H,7-10,12H2,1-4H3. The van der Waals surface area contributed by atoms with Crippen LogP contribution >= 0.6 is 0 Å². The number of piperazine rings is 1. The Morgan fingerprint density at radius 3 is 2.29 bits per heavy atom. The van der Waals surface area contributed by atoms with Gasteiger partial charge in [0, 0.05) is 43.1 Å². The Morgan fingerprint density at radius 2 is 1.68 bits per heavy atom. The van der Waals surface area contributed by atoms with Crippen LogP contribution in [0.1, 0.15) is 22.6 Å². The van der Waals surface area contributed by atoms with E-state index >= 15 is 0 Å². The molecule has 3 aromatic rings. The number of anilines is 1. The Hall–Kier alpha value is -3.56. The summed E-state index contributed by atoms with van der Waals surface area (Å²) in [7, 11) is 0. The first-order valence-corrected chi connectivity index (χ1v) is 10.3. The molecular weight excluding hydrogens is 396 g/mol. The lowest BCUT2D eigenvalue weighted by molar-refractivity contribution is -0.132. The van der Waals surface area contributed by atoms with Crippen LogP contribution in [0.15, 0.2) is 29.3 Å². The van der Waals surface area contributed by atoms with Crippen molar-refractivity contribution < 1.29 is 4.79 Å². The molecule has 4 heterocycles. The lowest BCUT2D eigenvalue weighted by Crippen LogP contribution is -2.50. The Bertz CT molecular complexity index is 1160. The number of nitrogens with zero attached hydrogens (tertiary/aromatic N) is 8. The summed E-state index contributed by atoms with van der Waals surface area (Å²) in [6, 6.07) is 5.82. The van der Waals surface area contributed by atoms with E-state index in [1.54, 1.807) is 23.4 Å². The third-order valence-corrected chi connectivity index (χ3v) is 5.64. The van der Waals surface area contributed by atoms with E-state index in [1.807, 2.05) is 32.0 Å². The number of amides is 1. The largest absolute Gasteiger partial charge is 0.352 e. The molecular formula is C21H26N8O2. The Labute approximate surface area is 180 Å². The molecule has 0 radical (unpaired) electrons. The Morgan fingerprint density at radius 1 is 1.00 bits per heavy atom.